The molecule has 0 bridgehead atoms. The van der Waals surface area contributed by atoms with E-state index >= 15 is 0 Å². The van der Waals surface area contributed by atoms with Gasteiger partial charge in [0.05, 0.1) is 4.90 Å². The minimum absolute atomic E-state index is 0. The normalized spacial score (nSPS) is 10.7. The summed E-state index contributed by atoms with van der Waals surface area (Å²) in [6.07, 6.45) is 0. The zero-order valence-electron chi connectivity index (χ0n) is 6.62. The van der Waals surface area contributed by atoms with E-state index in [-0.39, 0.29) is 56.3 Å². The van der Waals surface area contributed by atoms with Gasteiger partial charge in [0, 0.05) is 8.95 Å². The van der Waals surface area contributed by atoms with Crippen LogP contribution in [-0.2, 0) is 10.1 Å². The van der Waals surface area contributed by atoms with Gasteiger partial charge in [-0.25, -0.2) is 8.42 Å². The Kier molecular flexibility index (Phi) is 6.47. The monoisotopic (exact) mass is 352 g/mol. The Balaban J connectivity index is 0.00000144. The number of hydrogen-bond donors (Lipinski definition) is 0. The molecule has 0 saturated heterocycles. The van der Waals surface area contributed by atoms with Crippen LogP contribution in [0.15, 0.2) is 32.0 Å². The molecule has 1 aromatic carbocycles. The predicted octanol–water partition coefficient (Wildman–Crippen LogP) is -0.880. The second kappa shape index (κ2) is 5.71. The van der Waals surface area contributed by atoms with Crippen LogP contribution in [0.3, 0.4) is 0 Å². The SMILES string of the molecule is O=S(=O)([O-])c1ccc(Br)c(Br)c1.[K+]. The van der Waals surface area contributed by atoms with Gasteiger partial charge in [-0.3, -0.25) is 0 Å². The van der Waals surface area contributed by atoms with Crippen molar-refractivity contribution < 1.29 is 64.4 Å². The second-order valence-corrected chi connectivity index (χ2v) is 5.12. The summed E-state index contributed by atoms with van der Waals surface area (Å²) in [5.41, 5.74) is 0. The van der Waals surface area contributed by atoms with Gasteiger partial charge < -0.3 is 4.55 Å². The molecule has 0 heterocycles. The summed E-state index contributed by atoms with van der Waals surface area (Å²) in [5.74, 6) is 0. The molecule has 0 fully saturated rings. The van der Waals surface area contributed by atoms with Gasteiger partial charge in [0.1, 0.15) is 10.1 Å². The van der Waals surface area contributed by atoms with Crippen molar-refractivity contribution in [2.24, 2.45) is 0 Å². The molecule has 0 unspecified atom stereocenters. The third-order valence-electron chi connectivity index (χ3n) is 1.18. The fourth-order valence-electron chi connectivity index (χ4n) is 0.632. The average molecular weight is 354 g/mol. The number of hydrogen-bond acceptors (Lipinski definition) is 3. The Morgan fingerprint density at radius 1 is 1.15 bits per heavy atom. The average Bonchev–Trinajstić information content (AvgIpc) is 1.92. The molecule has 0 N–H and O–H groups in total. The van der Waals surface area contributed by atoms with Crippen LogP contribution in [0.2, 0.25) is 0 Å². The summed E-state index contributed by atoms with van der Waals surface area (Å²) in [7, 11) is -4.34. The zero-order chi connectivity index (χ0) is 9.35. The van der Waals surface area contributed by atoms with Crippen LogP contribution in [0.25, 0.3) is 0 Å². The number of rotatable bonds is 1. The maximum atomic E-state index is 10.5. The van der Waals surface area contributed by atoms with E-state index in [1.165, 1.54) is 18.2 Å². The van der Waals surface area contributed by atoms with Crippen molar-refractivity contribution in [3.63, 3.8) is 0 Å². The third kappa shape index (κ3) is 4.39. The molecule has 3 nitrogen and oxygen atoms in total. The number of halogens is 2. The molecule has 0 atom stereocenters. The van der Waals surface area contributed by atoms with Crippen molar-refractivity contribution in [3.05, 3.63) is 27.1 Å². The predicted molar refractivity (Wildman–Crippen MR) is 49.8 cm³/mol. The zero-order valence-corrected chi connectivity index (χ0v) is 13.7. The van der Waals surface area contributed by atoms with Gasteiger partial charge in [0.25, 0.3) is 0 Å². The Labute approximate surface area is 136 Å². The van der Waals surface area contributed by atoms with Crippen LogP contribution < -0.4 is 51.4 Å². The van der Waals surface area contributed by atoms with Gasteiger partial charge in [0.15, 0.2) is 0 Å². The minimum Gasteiger partial charge on any atom is -0.744 e. The van der Waals surface area contributed by atoms with E-state index < -0.39 is 10.1 Å². The molecule has 7 heteroatoms. The van der Waals surface area contributed by atoms with Crippen molar-refractivity contribution in [2.45, 2.75) is 4.90 Å². The quantitative estimate of drug-likeness (QED) is 0.486. The molecule has 0 aliphatic rings. The smallest absolute Gasteiger partial charge is 0.744 e. The molecule has 0 aliphatic heterocycles. The first-order valence-electron chi connectivity index (χ1n) is 2.82. The first-order valence-corrected chi connectivity index (χ1v) is 5.81. The van der Waals surface area contributed by atoms with Gasteiger partial charge in [-0.2, -0.15) is 0 Å². The van der Waals surface area contributed by atoms with E-state index in [1.54, 1.807) is 0 Å². The molecule has 1 rings (SSSR count). The van der Waals surface area contributed by atoms with E-state index in [0.29, 0.717) is 8.95 Å². The van der Waals surface area contributed by atoms with Gasteiger partial charge in [-0.05, 0) is 50.1 Å². The molecule has 1 aromatic rings. The Morgan fingerprint density at radius 3 is 2.08 bits per heavy atom. The Bertz CT molecular complexity index is 404. The van der Waals surface area contributed by atoms with Crippen LogP contribution in [0.1, 0.15) is 0 Å². The molecule has 13 heavy (non-hydrogen) atoms. The third-order valence-corrected chi connectivity index (χ3v) is 3.89. The molecule has 0 aliphatic carbocycles. The molecule has 0 saturated carbocycles. The Hall–Kier alpha value is 1.73. The summed E-state index contributed by atoms with van der Waals surface area (Å²) in [5, 5.41) is 0. The molecule has 66 valence electrons. The first-order chi connectivity index (χ1) is 5.41. The molecular formula is C6H3Br2KO3S. The van der Waals surface area contributed by atoms with Crippen LogP contribution in [0, 0.1) is 0 Å². The summed E-state index contributed by atoms with van der Waals surface area (Å²) in [4.78, 5) is -0.238. The number of benzene rings is 1. The van der Waals surface area contributed by atoms with E-state index in [2.05, 4.69) is 31.9 Å². The molecule has 0 aromatic heterocycles. The van der Waals surface area contributed by atoms with Crippen LogP contribution in [-0.4, -0.2) is 13.0 Å². The van der Waals surface area contributed by atoms with Crippen molar-refractivity contribution in [2.75, 3.05) is 0 Å². The minimum atomic E-state index is -4.34. The van der Waals surface area contributed by atoms with E-state index in [9.17, 15) is 13.0 Å². The van der Waals surface area contributed by atoms with Crippen LogP contribution in [0.5, 0.6) is 0 Å². The summed E-state index contributed by atoms with van der Waals surface area (Å²) in [6.45, 7) is 0. The molecule has 0 spiro atoms. The van der Waals surface area contributed by atoms with E-state index in [4.69, 9.17) is 0 Å². The topological polar surface area (TPSA) is 57.2 Å². The largest absolute Gasteiger partial charge is 1.00 e. The van der Waals surface area contributed by atoms with Crippen molar-refractivity contribution in [1.82, 2.24) is 0 Å². The first kappa shape index (κ1) is 14.7. The Morgan fingerprint density at radius 2 is 1.69 bits per heavy atom. The standard InChI is InChI=1S/C6H4Br2O3S.K/c7-5-2-1-4(3-6(5)8)12(9,10)11;/h1-3H,(H,9,10,11);/q;+1/p-1. The van der Waals surface area contributed by atoms with Gasteiger partial charge in [-0.15, -0.1) is 0 Å². The maximum absolute atomic E-state index is 10.5. The summed E-state index contributed by atoms with van der Waals surface area (Å²) in [6, 6.07) is 4.00. The van der Waals surface area contributed by atoms with Crippen molar-refractivity contribution in [3.8, 4) is 0 Å². The maximum Gasteiger partial charge on any atom is 1.00 e. The molecule has 0 radical (unpaired) electrons. The summed E-state index contributed by atoms with van der Waals surface area (Å²) < 4.78 is 32.8. The van der Waals surface area contributed by atoms with Crippen molar-refractivity contribution in [1.29, 1.82) is 0 Å². The van der Waals surface area contributed by atoms with E-state index in [0.717, 1.165) is 0 Å². The molecular weight excluding hydrogens is 351 g/mol. The van der Waals surface area contributed by atoms with Gasteiger partial charge >= 0.3 is 51.4 Å². The van der Waals surface area contributed by atoms with E-state index in [1.807, 2.05) is 0 Å². The fourth-order valence-corrected chi connectivity index (χ4v) is 1.91. The fraction of sp³-hybridized carbons (Fsp3) is 0. The summed E-state index contributed by atoms with van der Waals surface area (Å²) >= 11 is 6.24. The van der Waals surface area contributed by atoms with Gasteiger partial charge in [-0.1, -0.05) is 0 Å². The van der Waals surface area contributed by atoms with Crippen molar-refractivity contribution >= 4 is 42.0 Å². The van der Waals surface area contributed by atoms with Gasteiger partial charge in [0.2, 0.25) is 0 Å². The van der Waals surface area contributed by atoms with Crippen LogP contribution >= 0.6 is 31.9 Å². The van der Waals surface area contributed by atoms with Crippen LogP contribution in [0.4, 0.5) is 0 Å². The second-order valence-electron chi connectivity index (χ2n) is 2.03. The molecule has 0 amide bonds.